The summed E-state index contributed by atoms with van der Waals surface area (Å²) in [6.45, 7) is 5.72. The van der Waals surface area contributed by atoms with Crippen LogP contribution in [-0.2, 0) is 12.0 Å². The van der Waals surface area contributed by atoms with E-state index >= 15 is 0 Å². The molecule has 1 N–H and O–H groups in total. The molecule has 4 nitrogen and oxygen atoms in total. The van der Waals surface area contributed by atoms with E-state index in [0.29, 0.717) is 17.1 Å². The minimum atomic E-state index is -0.403. The molecule has 22 heavy (non-hydrogen) atoms. The Labute approximate surface area is 139 Å². The molecule has 0 aliphatic rings. The smallest absolute Gasteiger partial charge is 0.287 e. The molecule has 0 fully saturated rings. The van der Waals surface area contributed by atoms with Gasteiger partial charge in [-0.25, -0.2) is 4.68 Å². The van der Waals surface area contributed by atoms with Crippen LogP contribution < -0.4 is 5.56 Å². The number of aryl methyl sites for hydroxylation is 1. The van der Waals surface area contributed by atoms with Crippen molar-refractivity contribution in [2.75, 3.05) is 5.75 Å². The summed E-state index contributed by atoms with van der Waals surface area (Å²) in [7, 11) is 0. The first kappa shape index (κ1) is 16.9. The van der Waals surface area contributed by atoms with Crippen LogP contribution in [0.5, 0.6) is 5.75 Å². The number of hydrogen-bond donors (Lipinski definition) is 1. The standard InChI is InChI=1S/C16H19ClN2O2S/c1-16(2,3)19-15(21)14(17)13(10-18-19)22-9-8-11-6-4-5-7-12(11)20/h4-7,10,20H,8-9H2,1-3H3. The Bertz CT molecular complexity index is 723. The first-order valence-electron chi connectivity index (χ1n) is 6.98. The van der Waals surface area contributed by atoms with E-state index in [1.54, 1.807) is 18.3 Å². The maximum Gasteiger partial charge on any atom is 0.287 e. The molecule has 0 aliphatic heterocycles. The number of rotatable bonds is 4. The Morgan fingerprint density at radius 1 is 1.32 bits per heavy atom. The lowest BCUT2D eigenvalue weighted by atomic mass is 10.1. The molecular weight excluding hydrogens is 320 g/mol. The van der Waals surface area contributed by atoms with Gasteiger partial charge in [0.15, 0.2) is 0 Å². The Balaban J connectivity index is 2.10. The first-order chi connectivity index (χ1) is 10.3. The van der Waals surface area contributed by atoms with E-state index in [-0.39, 0.29) is 16.3 Å². The monoisotopic (exact) mass is 338 g/mol. The zero-order chi connectivity index (χ0) is 16.3. The second kappa shape index (κ2) is 6.75. The average molecular weight is 339 g/mol. The van der Waals surface area contributed by atoms with E-state index in [4.69, 9.17) is 11.6 Å². The number of benzene rings is 1. The number of phenols is 1. The lowest BCUT2D eigenvalue weighted by Gasteiger charge is -2.21. The van der Waals surface area contributed by atoms with Crippen LogP contribution >= 0.6 is 23.4 Å². The highest BCUT2D eigenvalue weighted by Gasteiger charge is 2.19. The van der Waals surface area contributed by atoms with Crippen molar-refractivity contribution in [1.82, 2.24) is 9.78 Å². The van der Waals surface area contributed by atoms with Gasteiger partial charge in [-0.2, -0.15) is 5.10 Å². The summed E-state index contributed by atoms with van der Waals surface area (Å²) in [5.41, 5.74) is 0.198. The van der Waals surface area contributed by atoms with E-state index in [9.17, 15) is 9.90 Å². The van der Waals surface area contributed by atoms with E-state index in [1.165, 1.54) is 16.4 Å². The van der Waals surface area contributed by atoms with E-state index in [1.807, 2.05) is 32.9 Å². The minimum Gasteiger partial charge on any atom is -0.508 e. The van der Waals surface area contributed by atoms with Gasteiger partial charge < -0.3 is 5.11 Å². The summed E-state index contributed by atoms with van der Waals surface area (Å²) in [4.78, 5) is 12.9. The Morgan fingerprint density at radius 2 is 2.00 bits per heavy atom. The van der Waals surface area contributed by atoms with Crippen molar-refractivity contribution in [1.29, 1.82) is 0 Å². The molecular formula is C16H19ClN2O2S. The second-order valence-electron chi connectivity index (χ2n) is 5.94. The third-order valence-corrected chi connectivity index (χ3v) is 4.65. The summed E-state index contributed by atoms with van der Waals surface area (Å²) in [5, 5.41) is 14.1. The molecule has 0 saturated carbocycles. The molecule has 1 aromatic carbocycles. The van der Waals surface area contributed by atoms with Crippen LogP contribution in [0.4, 0.5) is 0 Å². The van der Waals surface area contributed by atoms with Crippen LogP contribution in [0.3, 0.4) is 0 Å². The maximum absolute atomic E-state index is 12.2. The fraction of sp³-hybridized carbons (Fsp3) is 0.375. The van der Waals surface area contributed by atoms with Crippen LogP contribution in [-0.4, -0.2) is 20.6 Å². The Hall–Kier alpha value is -1.46. The number of hydrogen-bond acceptors (Lipinski definition) is 4. The van der Waals surface area contributed by atoms with Gasteiger partial charge in [0.2, 0.25) is 0 Å². The molecule has 0 unspecified atom stereocenters. The van der Waals surface area contributed by atoms with Gasteiger partial charge in [0, 0.05) is 5.75 Å². The minimum absolute atomic E-state index is 0.201. The van der Waals surface area contributed by atoms with Crippen LogP contribution in [0, 0.1) is 0 Å². The summed E-state index contributed by atoms with van der Waals surface area (Å²) < 4.78 is 1.39. The molecule has 0 radical (unpaired) electrons. The maximum atomic E-state index is 12.2. The van der Waals surface area contributed by atoms with Gasteiger partial charge in [-0.15, -0.1) is 11.8 Å². The normalized spacial score (nSPS) is 11.6. The van der Waals surface area contributed by atoms with Crippen LogP contribution in [0.25, 0.3) is 0 Å². The van der Waals surface area contributed by atoms with Crippen molar-refractivity contribution in [2.24, 2.45) is 0 Å². The number of para-hydroxylation sites is 1. The van der Waals surface area contributed by atoms with Gasteiger partial charge >= 0.3 is 0 Å². The van der Waals surface area contributed by atoms with Gasteiger partial charge in [-0.1, -0.05) is 29.8 Å². The fourth-order valence-electron chi connectivity index (χ4n) is 1.99. The van der Waals surface area contributed by atoms with Gasteiger partial charge in [0.25, 0.3) is 5.56 Å². The van der Waals surface area contributed by atoms with Gasteiger partial charge in [-0.3, -0.25) is 4.79 Å². The highest BCUT2D eigenvalue weighted by atomic mass is 35.5. The van der Waals surface area contributed by atoms with Crippen molar-refractivity contribution < 1.29 is 5.11 Å². The molecule has 0 amide bonds. The number of halogens is 1. The molecule has 2 rings (SSSR count). The van der Waals surface area contributed by atoms with Crippen LogP contribution in [0.2, 0.25) is 5.02 Å². The van der Waals surface area contributed by atoms with Gasteiger partial charge in [0.05, 0.1) is 16.6 Å². The predicted octanol–water partition coefficient (Wildman–Crippen LogP) is 3.69. The molecule has 118 valence electrons. The predicted molar refractivity (Wildman–Crippen MR) is 91.0 cm³/mol. The molecule has 0 atom stereocenters. The third-order valence-electron chi connectivity index (χ3n) is 3.14. The SMILES string of the molecule is CC(C)(C)n1ncc(SCCc2ccccc2O)c(Cl)c1=O. The highest BCUT2D eigenvalue weighted by molar-refractivity contribution is 7.99. The average Bonchev–Trinajstić information content (AvgIpc) is 2.44. The summed E-state index contributed by atoms with van der Waals surface area (Å²) >= 11 is 7.64. The molecule has 0 aliphatic carbocycles. The second-order valence-corrected chi connectivity index (χ2v) is 7.45. The van der Waals surface area contributed by atoms with E-state index in [0.717, 1.165) is 5.56 Å². The number of nitrogens with zero attached hydrogens (tertiary/aromatic N) is 2. The first-order valence-corrected chi connectivity index (χ1v) is 8.35. The lowest BCUT2D eigenvalue weighted by molar-refractivity contribution is 0.336. The van der Waals surface area contributed by atoms with Crippen molar-refractivity contribution in [3.63, 3.8) is 0 Å². The van der Waals surface area contributed by atoms with Gasteiger partial charge in [0.1, 0.15) is 10.8 Å². The summed E-state index contributed by atoms with van der Waals surface area (Å²) in [6.07, 6.45) is 2.32. The largest absolute Gasteiger partial charge is 0.508 e. The molecule has 2 aromatic rings. The van der Waals surface area contributed by atoms with Crippen LogP contribution in [0.1, 0.15) is 26.3 Å². The summed E-state index contributed by atoms with van der Waals surface area (Å²) in [5.74, 6) is 0.994. The highest BCUT2D eigenvalue weighted by Crippen LogP contribution is 2.26. The molecule has 1 heterocycles. The zero-order valence-corrected chi connectivity index (χ0v) is 14.4. The van der Waals surface area contributed by atoms with Crippen molar-refractivity contribution in [3.8, 4) is 5.75 Å². The van der Waals surface area contributed by atoms with Crippen molar-refractivity contribution in [2.45, 2.75) is 37.6 Å². The van der Waals surface area contributed by atoms with Gasteiger partial charge in [-0.05, 0) is 38.8 Å². The number of thioether (sulfide) groups is 1. The zero-order valence-electron chi connectivity index (χ0n) is 12.8. The third kappa shape index (κ3) is 3.84. The Kier molecular flexibility index (Phi) is 5.19. The van der Waals surface area contributed by atoms with Crippen molar-refractivity contribution >= 4 is 23.4 Å². The molecule has 0 bridgehead atoms. The van der Waals surface area contributed by atoms with E-state index in [2.05, 4.69) is 5.10 Å². The summed E-state index contributed by atoms with van der Waals surface area (Å²) in [6, 6.07) is 7.23. The molecule has 0 spiro atoms. The quantitative estimate of drug-likeness (QED) is 0.864. The molecule has 1 aromatic heterocycles. The Morgan fingerprint density at radius 3 is 2.64 bits per heavy atom. The number of aromatic hydroxyl groups is 1. The van der Waals surface area contributed by atoms with Crippen LogP contribution in [0.15, 0.2) is 40.2 Å². The number of aromatic nitrogens is 2. The fourth-order valence-corrected chi connectivity index (χ4v) is 3.16. The molecule has 6 heteroatoms. The number of phenolic OH excluding ortho intramolecular Hbond substituents is 1. The molecule has 0 saturated heterocycles. The van der Waals surface area contributed by atoms with Crippen molar-refractivity contribution in [3.05, 3.63) is 51.4 Å². The van der Waals surface area contributed by atoms with E-state index < -0.39 is 5.54 Å². The lowest BCUT2D eigenvalue weighted by Crippen LogP contribution is -2.36. The topological polar surface area (TPSA) is 55.1 Å².